The van der Waals surface area contributed by atoms with E-state index in [2.05, 4.69) is 21.3 Å². The van der Waals surface area contributed by atoms with Gasteiger partial charge in [-0.05, 0) is 68.5 Å². The summed E-state index contributed by atoms with van der Waals surface area (Å²) in [5.41, 5.74) is 12.5. The predicted molar refractivity (Wildman–Crippen MR) is 204 cm³/mol. The number of likely N-dealkylation sites (tertiary alicyclic amines) is 1. The summed E-state index contributed by atoms with van der Waals surface area (Å²) in [5.74, 6) is -3.21. The quantitative estimate of drug-likeness (QED) is 0.0714. The van der Waals surface area contributed by atoms with Crippen LogP contribution in [0.4, 0.5) is 0 Å². The van der Waals surface area contributed by atoms with E-state index in [-0.39, 0.29) is 76.6 Å². The van der Waals surface area contributed by atoms with Crippen LogP contribution in [0.5, 0.6) is 0 Å². The third kappa shape index (κ3) is 14.4. The van der Waals surface area contributed by atoms with Crippen molar-refractivity contribution in [3.63, 3.8) is 0 Å². The van der Waals surface area contributed by atoms with Crippen molar-refractivity contribution < 1.29 is 39.3 Å². The van der Waals surface area contributed by atoms with E-state index in [1.807, 2.05) is 74.5 Å². The molecule has 0 spiro atoms. The second-order valence-electron chi connectivity index (χ2n) is 14.6. The molecule has 1 saturated heterocycles. The van der Waals surface area contributed by atoms with Crippen LogP contribution in [0.1, 0.15) is 63.5 Å². The summed E-state index contributed by atoms with van der Waals surface area (Å²) in [6.07, 6.45) is 1.24. The summed E-state index contributed by atoms with van der Waals surface area (Å²) in [4.78, 5) is 68.3. The van der Waals surface area contributed by atoms with Gasteiger partial charge in [0.2, 0.25) is 23.6 Å². The number of rotatable bonds is 22. The molecule has 1 aliphatic rings. The van der Waals surface area contributed by atoms with Gasteiger partial charge in [-0.2, -0.15) is 0 Å². The van der Waals surface area contributed by atoms with Gasteiger partial charge < -0.3 is 53.0 Å². The normalized spacial score (nSPS) is 16.8. The highest BCUT2D eigenvalue weighted by molar-refractivity contribution is 5.95. The third-order valence-electron chi connectivity index (χ3n) is 9.59. The van der Waals surface area contributed by atoms with Crippen LogP contribution < -0.4 is 32.7 Å². The maximum atomic E-state index is 14.0. The lowest BCUT2D eigenvalue weighted by Gasteiger charge is -2.38. The molecule has 15 heteroatoms. The van der Waals surface area contributed by atoms with Crippen molar-refractivity contribution in [2.45, 2.75) is 101 Å². The molecule has 4 amide bonds. The van der Waals surface area contributed by atoms with Gasteiger partial charge >= 0.3 is 5.97 Å². The first-order valence-corrected chi connectivity index (χ1v) is 18.8. The average molecular weight is 754 g/mol. The fraction of sp³-hybridized carbons (Fsp3) is 0.564. The second-order valence-corrected chi connectivity index (χ2v) is 14.6. The predicted octanol–water partition coefficient (Wildman–Crippen LogP) is -0.183. The summed E-state index contributed by atoms with van der Waals surface area (Å²) >= 11 is 0. The Morgan fingerprint density at radius 2 is 1.33 bits per heavy atom. The fourth-order valence-corrected chi connectivity index (χ4v) is 6.30. The zero-order valence-corrected chi connectivity index (χ0v) is 31.4. The van der Waals surface area contributed by atoms with Gasteiger partial charge in [0.05, 0.1) is 18.8 Å². The number of carbonyl (C=O) groups is 5. The number of carboxylic acids is 1. The Morgan fingerprint density at radius 1 is 0.796 bits per heavy atom. The molecule has 0 aliphatic carbocycles. The fourth-order valence-electron chi connectivity index (χ4n) is 6.30. The minimum absolute atomic E-state index is 0.0344. The first-order valence-electron chi connectivity index (χ1n) is 18.8. The van der Waals surface area contributed by atoms with Crippen LogP contribution >= 0.6 is 0 Å². The van der Waals surface area contributed by atoms with Crippen LogP contribution in [-0.4, -0.2) is 118 Å². The standard InChI is InChI=1S/C39H59N7O8/c1-26(2)21-32(45-36(51)33(23-28-13-7-4-8-14-28)44-34(49)30(40)22-27-11-5-3-6-12-27)35(50)43-31(15-9-10-18-42-24-29(48)25-47)37(52)46-19-16-39(41,17-20-46)38(53)54/h3-8,11-14,26,29-33,42,47-48H,9-10,15-25,40-41H2,1-2H3,(H,43,50)(H,44,49)(H,45,51)(H,53,54)/t29-,30+,31+,32+,33+/m0/s1. The Hall–Kier alpha value is -4.41. The first-order chi connectivity index (χ1) is 25.7. The Balaban J connectivity index is 1.76. The highest BCUT2D eigenvalue weighted by Gasteiger charge is 2.40. The molecule has 0 bridgehead atoms. The molecule has 0 unspecified atom stereocenters. The number of amides is 4. The van der Waals surface area contributed by atoms with Crippen molar-refractivity contribution in [1.29, 1.82) is 0 Å². The van der Waals surface area contributed by atoms with E-state index in [9.17, 15) is 34.2 Å². The Labute approximate surface area is 317 Å². The van der Waals surface area contributed by atoms with Gasteiger partial charge in [-0.25, -0.2) is 0 Å². The SMILES string of the molecule is CC(C)C[C@@H](NC(=O)[C@@H](Cc1ccccc1)NC(=O)[C@H](N)Cc1ccccc1)C(=O)N[C@H](CCCCNC[C@H](O)CO)C(=O)N1CCC(N)(C(=O)O)CC1. The van der Waals surface area contributed by atoms with Crippen molar-refractivity contribution in [3.8, 4) is 0 Å². The highest BCUT2D eigenvalue weighted by Crippen LogP contribution is 2.21. The van der Waals surface area contributed by atoms with Crippen LogP contribution in [0.2, 0.25) is 0 Å². The van der Waals surface area contributed by atoms with Crippen LogP contribution in [0.3, 0.4) is 0 Å². The van der Waals surface area contributed by atoms with Crippen LogP contribution in [0, 0.1) is 5.92 Å². The molecule has 1 heterocycles. The summed E-state index contributed by atoms with van der Waals surface area (Å²) in [7, 11) is 0. The van der Waals surface area contributed by atoms with Gasteiger partial charge in [0.25, 0.3) is 0 Å². The minimum Gasteiger partial charge on any atom is -0.480 e. The summed E-state index contributed by atoms with van der Waals surface area (Å²) in [5, 5.41) is 39.7. The van der Waals surface area contributed by atoms with Gasteiger partial charge in [0.15, 0.2) is 0 Å². The van der Waals surface area contributed by atoms with E-state index < -0.39 is 59.5 Å². The molecule has 0 radical (unpaired) electrons. The lowest BCUT2D eigenvalue weighted by Crippen LogP contribution is -2.60. The van der Waals surface area contributed by atoms with Crippen LogP contribution in [0.25, 0.3) is 0 Å². The van der Waals surface area contributed by atoms with E-state index >= 15 is 0 Å². The van der Waals surface area contributed by atoms with Crippen molar-refractivity contribution in [2.24, 2.45) is 17.4 Å². The number of unbranched alkanes of at least 4 members (excludes halogenated alkanes) is 1. The van der Waals surface area contributed by atoms with E-state index in [0.717, 1.165) is 11.1 Å². The molecule has 54 heavy (non-hydrogen) atoms. The average Bonchev–Trinajstić information content (AvgIpc) is 3.15. The van der Waals surface area contributed by atoms with Crippen molar-refractivity contribution in [2.75, 3.05) is 32.8 Å². The molecule has 2 aromatic carbocycles. The molecule has 2 aromatic rings. The van der Waals surface area contributed by atoms with E-state index in [4.69, 9.17) is 16.6 Å². The van der Waals surface area contributed by atoms with Crippen molar-refractivity contribution >= 4 is 29.6 Å². The molecular weight excluding hydrogens is 694 g/mol. The van der Waals surface area contributed by atoms with Gasteiger partial charge in [-0.15, -0.1) is 0 Å². The Bertz CT molecular complexity index is 1490. The number of nitrogens with one attached hydrogen (secondary N) is 4. The number of aliphatic hydroxyl groups excluding tert-OH is 2. The number of nitrogens with two attached hydrogens (primary N) is 2. The number of aliphatic carboxylic acids is 1. The summed E-state index contributed by atoms with van der Waals surface area (Å²) in [6.45, 7) is 4.34. The molecule has 5 atom stereocenters. The molecule has 1 aliphatic heterocycles. The summed E-state index contributed by atoms with van der Waals surface area (Å²) in [6, 6.07) is 14.4. The molecular formula is C39H59N7O8. The Morgan fingerprint density at radius 3 is 1.89 bits per heavy atom. The molecule has 15 nitrogen and oxygen atoms in total. The monoisotopic (exact) mass is 753 g/mol. The number of benzene rings is 2. The van der Waals surface area contributed by atoms with E-state index in [1.165, 1.54) is 4.90 Å². The molecule has 3 rings (SSSR count). The highest BCUT2D eigenvalue weighted by atomic mass is 16.4. The number of carbonyl (C=O) groups excluding carboxylic acids is 4. The van der Waals surface area contributed by atoms with Crippen LogP contribution in [0.15, 0.2) is 60.7 Å². The minimum atomic E-state index is -1.44. The van der Waals surface area contributed by atoms with Gasteiger partial charge in [0.1, 0.15) is 23.7 Å². The van der Waals surface area contributed by atoms with E-state index in [1.54, 1.807) is 0 Å². The topological polar surface area (TPSA) is 249 Å². The van der Waals surface area contributed by atoms with Crippen LogP contribution in [-0.2, 0) is 36.8 Å². The summed E-state index contributed by atoms with van der Waals surface area (Å²) < 4.78 is 0. The molecule has 298 valence electrons. The lowest BCUT2D eigenvalue weighted by molar-refractivity contribution is -0.148. The van der Waals surface area contributed by atoms with Crippen molar-refractivity contribution in [3.05, 3.63) is 71.8 Å². The maximum absolute atomic E-state index is 14.0. The largest absolute Gasteiger partial charge is 0.480 e. The number of hydrogen-bond donors (Lipinski definition) is 9. The van der Waals surface area contributed by atoms with Crippen molar-refractivity contribution in [1.82, 2.24) is 26.2 Å². The molecule has 11 N–H and O–H groups in total. The number of piperidine rings is 1. The number of nitrogens with zero attached hydrogens (tertiary/aromatic N) is 1. The number of carboxylic acid groups (broad SMARTS) is 1. The van der Waals surface area contributed by atoms with E-state index in [0.29, 0.717) is 19.4 Å². The smallest absolute Gasteiger partial charge is 0.323 e. The lowest BCUT2D eigenvalue weighted by atomic mass is 9.88. The van der Waals surface area contributed by atoms with Gasteiger partial charge in [0, 0.05) is 26.1 Å². The number of aliphatic hydroxyl groups is 2. The Kier molecular flexibility index (Phi) is 18.0. The van der Waals surface area contributed by atoms with Gasteiger partial charge in [-0.3, -0.25) is 24.0 Å². The number of hydrogen-bond acceptors (Lipinski definition) is 10. The zero-order chi connectivity index (χ0) is 39.7. The first kappa shape index (κ1) is 44.0. The second kappa shape index (κ2) is 22.1. The molecule has 1 fully saturated rings. The molecule has 0 saturated carbocycles. The third-order valence-corrected chi connectivity index (χ3v) is 9.59. The molecule has 0 aromatic heterocycles. The zero-order valence-electron chi connectivity index (χ0n) is 31.4. The van der Waals surface area contributed by atoms with Gasteiger partial charge in [-0.1, -0.05) is 74.5 Å². The maximum Gasteiger partial charge on any atom is 0.323 e.